The van der Waals surface area contributed by atoms with Crippen LogP contribution in [0.15, 0.2) is 18.2 Å². The third-order valence-corrected chi connectivity index (χ3v) is 3.40. The molecular weight excluding hydrogens is 294 g/mol. The number of amides is 1. The van der Waals surface area contributed by atoms with Gasteiger partial charge in [-0.2, -0.15) is 0 Å². The van der Waals surface area contributed by atoms with Crippen LogP contribution in [0.2, 0.25) is 0 Å². The maximum absolute atomic E-state index is 11.3. The zero-order valence-electron chi connectivity index (χ0n) is 11.9. The molecule has 8 heteroatoms. The Morgan fingerprint density at radius 3 is 2.43 bits per heavy atom. The maximum atomic E-state index is 11.3. The lowest BCUT2D eigenvalue weighted by atomic mass is 10.2. The van der Waals surface area contributed by atoms with Gasteiger partial charge in [-0.3, -0.25) is 5.32 Å². The third kappa shape index (κ3) is 3.82. The normalized spacial score (nSPS) is 10.0. The van der Waals surface area contributed by atoms with Crippen molar-refractivity contribution in [3.8, 4) is 22.1 Å². The summed E-state index contributed by atoms with van der Waals surface area (Å²) in [5.74, 6) is 1.30. The van der Waals surface area contributed by atoms with Gasteiger partial charge in [0.2, 0.25) is 5.13 Å². The number of nitrogens with zero attached hydrogens (tertiary/aromatic N) is 2. The van der Waals surface area contributed by atoms with Gasteiger partial charge in [0, 0.05) is 11.6 Å². The molecule has 1 N–H and O–H groups in total. The van der Waals surface area contributed by atoms with E-state index in [1.807, 2.05) is 12.1 Å². The van der Waals surface area contributed by atoms with Gasteiger partial charge in [-0.25, -0.2) is 4.79 Å². The molecule has 1 amide bonds. The zero-order valence-corrected chi connectivity index (χ0v) is 12.7. The first-order valence-electron chi connectivity index (χ1n) is 6.17. The van der Waals surface area contributed by atoms with E-state index in [-0.39, 0.29) is 0 Å². The summed E-state index contributed by atoms with van der Waals surface area (Å²) in [6, 6.07) is 5.40. The van der Waals surface area contributed by atoms with Crippen molar-refractivity contribution >= 4 is 22.6 Å². The van der Waals surface area contributed by atoms with Crippen molar-refractivity contribution in [3.05, 3.63) is 18.2 Å². The number of nitrogens with one attached hydrogen (secondary N) is 1. The molecule has 0 aliphatic rings. The molecule has 0 unspecified atom stereocenters. The van der Waals surface area contributed by atoms with Gasteiger partial charge in [0.1, 0.15) is 16.5 Å². The molecule has 1 aromatic carbocycles. The molecule has 0 aliphatic heterocycles. The Morgan fingerprint density at radius 2 is 1.86 bits per heavy atom. The van der Waals surface area contributed by atoms with Crippen LogP contribution in [0.25, 0.3) is 10.6 Å². The van der Waals surface area contributed by atoms with E-state index < -0.39 is 6.09 Å². The summed E-state index contributed by atoms with van der Waals surface area (Å²) in [6.07, 6.45) is -0.552. The lowest BCUT2D eigenvalue weighted by Gasteiger charge is -2.06. The van der Waals surface area contributed by atoms with Crippen LogP contribution in [-0.2, 0) is 4.74 Å². The SMILES string of the molecule is CCOC(=O)Nc1nnc(-c2cc(OC)cc(OC)c2)s1. The number of carbonyl (C=O) groups excluding carboxylic acids is 1. The minimum atomic E-state index is -0.552. The molecule has 112 valence electrons. The topological polar surface area (TPSA) is 82.6 Å². The van der Waals surface area contributed by atoms with E-state index in [1.54, 1.807) is 27.2 Å². The lowest BCUT2D eigenvalue weighted by Crippen LogP contribution is -2.12. The van der Waals surface area contributed by atoms with E-state index in [2.05, 4.69) is 15.5 Å². The fraction of sp³-hybridized carbons (Fsp3) is 0.308. The van der Waals surface area contributed by atoms with Crippen molar-refractivity contribution in [3.63, 3.8) is 0 Å². The van der Waals surface area contributed by atoms with Crippen LogP contribution in [0, 0.1) is 0 Å². The van der Waals surface area contributed by atoms with Crippen molar-refractivity contribution in [1.29, 1.82) is 0 Å². The molecule has 0 bridgehead atoms. The van der Waals surface area contributed by atoms with Crippen molar-refractivity contribution in [2.45, 2.75) is 6.92 Å². The quantitative estimate of drug-likeness (QED) is 0.914. The van der Waals surface area contributed by atoms with Crippen LogP contribution in [0.1, 0.15) is 6.92 Å². The Labute approximate surface area is 125 Å². The highest BCUT2D eigenvalue weighted by Crippen LogP contribution is 2.32. The number of benzene rings is 1. The molecule has 0 radical (unpaired) electrons. The molecule has 0 fully saturated rings. The molecule has 1 aromatic heterocycles. The molecule has 0 saturated heterocycles. The van der Waals surface area contributed by atoms with E-state index in [0.29, 0.717) is 28.2 Å². The maximum Gasteiger partial charge on any atom is 0.413 e. The second kappa shape index (κ2) is 6.89. The van der Waals surface area contributed by atoms with Crippen molar-refractivity contribution in [2.24, 2.45) is 0 Å². The highest BCUT2D eigenvalue weighted by Gasteiger charge is 2.12. The second-order valence-corrected chi connectivity index (χ2v) is 4.84. The molecule has 2 aromatic rings. The summed E-state index contributed by atoms with van der Waals surface area (Å²) in [4.78, 5) is 11.3. The number of rotatable bonds is 5. The van der Waals surface area contributed by atoms with E-state index in [0.717, 1.165) is 5.56 Å². The zero-order chi connectivity index (χ0) is 15.2. The van der Waals surface area contributed by atoms with E-state index in [1.165, 1.54) is 11.3 Å². The van der Waals surface area contributed by atoms with Gasteiger partial charge in [-0.15, -0.1) is 10.2 Å². The molecule has 0 saturated carbocycles. The van der Waals surface area contributed by atoms with E-state index >= 15 is 0 Å². The molecular formula is C13H15N3O4S. The van der Waals surface area contributed by atoms with Crippen LogP contribution in [-0.4, -0.2) is 37.1 Å². The van der Waals surface area contributed by atoms with Gasteiger partial charge in [0.15, 0.2) is 0 Å². The fourth-order valence-electron chi connectivity index (χ4n) is 1.58. The number of methoxy groups -OCH3 is 2. The number of carbonyl (C=O) groups is 1. The smallest absolute Gasteiger partial charge is 0.413 e. The molecule has 1 heterocycles. The standard InChI is InChI=1S/C13H15N3O4S/c1-4-20-13(17)14-12-16-15-11(21-12)8-5-9(18-2)7-10(6-8)19-3/h5-7H,4H2,1-3H3,(H,14,16,17). The Hall–Kier alpha value is -2.35. The van der Waals surface area contributed by atoms with Gasteiger partial charge in [-0.1, -0.05) is 11.3 Å². The Morgan fingerprint density at radius 1 is 1.19 bits per heavy atom. The number of hydrogen-bond donors (Lipinski definition) is 1. The fourth-order valence-corrected chi connectivity index (χ4v) is 2.29. The van der Waals surface area contributed by atoms with Gasteiger partial charge < -0.3 is 14.2 Å². The monoisotopic (exact) mass is 309 g/mol. The summed E-state index contributed by atoms with van der Waals surface area (Å²) >= 11 is 1.23. The molecule has 0 aliphatic carbocycles. The first-order valence-corrected chi connectivity index (χ1v) is 6.98. The number of ether oxygens (including phenoxy) is 3. The molecule has 0 atom stereocenters. The summed E-state index contributed by atoms with van der Waals surface area (Å²) in [6.45, 7) is 2.03. The summed E-state index contributed by atoms with van der Waals surface area (Å²) in [7, 11) is 3.15. The molecule has 21 heavy (non-hydrogen) atoms. The number of aromatic nitrogens is 2. The van der Waals surface area contributed by atoms with Crippen LogP contribution < -0.4 is 14.8 Å². The van der Waals surface area contributed by atoms with Crippen molar-refractivity contribution < 1.29 is 19.0 Å². The predicted molar refractivity (Wildman–Crippen MR) is 79.1 cm³/mol. The molecule has 2 rings (SSSR count). The highest BCUT2D eigenvalue weighted by molar-refractivity contribution is 7.18. The van der Waals surface area contributed by atoms with Crippen LogP contribution in [0.3, 0.4) is 0 Å². The highest BCUT2D eigenvalue weighted by atomic mass is 32.1. The minimum absolute atomic E-state index is 0.296. The first-order chi connectivity index (χ1) is 10.2. The number of hydrogen-bond acceptors (Lipinski definition) is 7. The first kappa shape index (κ1) is 15.0. The van der Waals surface area contributed by atoms with E-state index in [4.69, 9.17) is 14.2 Å². The summed E-state index contributed by atoms with van der Waals surface area (Å²) < 4.78 is 15.2. The predicted octanol–water partition coefficient (Wildman–Crippen LogP) is 2.79. The number of anilines is 1. The summed E-state index contributed by atoms with van der Waals surface area (Å²) in [5, 5.41) is 11.5. The average Bonchev–Trinajstić information content (AvgIpc) is 2.95. The Bertz CT molecular complexity index is 607. The average molecular weight is 309 g/mol. The van der Waals surface area contributed by atoms with E-state index in [9.17, 15) is 4.79 Å². The van der Waals surface area contributed by atoms with Crippen molar-refractivity contribution in [1.82, 2.24) is 10.2 Å². The van der Waals surface area contributed by atoms with Gasteiger partial charge in [0.05, 0.1) is 20.8 Å². The van der Waals surface area contributed by atoms with Gasteiger partial charge in [0.25, 0.3) is 0 Å². The Kier molecular flexibility index (Phi) is 4.94. The largest absolute Gasteiger partial charge is 0.497 e. The van der Waals surface area contributed by atoms with Crippen LogP contribution in [0.5, 0.6) is 11.5 Å². The van der Waals surface area contributed by atoms with Crippen LogP contribution >= 0.6 is 11.3 Å². The minimum Gasteiger partial charge on any atom is -0.497 e. The Balaban J connectivity index is 2.22. The van der Waals surface area contributed by atoms with Crippen molar-refractivity contribution in [2.75, 3.05) is 26.1 Å². The summed E-state index contributed by atoms with van der Waals surface area (Å²) in [5.41, 5.74) is 0.792. The van der Waals surface area contributed by atoms with Crippen LogP contribution in [0.4, 0.5) is 9.93 Å². The second-order valence-electron chi connectivity index (χ2n) is 3.86. The lowest BCUT2D eigenvalue weighted by molar-refractivity contribution is 0.168. The molecule has 7 nitrogen and oxygen atoms in total. The third-order valence-electron chi connectivity index (χ3n) is 2.51. The molecule has 0 spiro atoms. The van der Waals surface area contributed by atoms with Gasteiger partial charge in [-0.05, 0) is 19.1 Å². The van der Waals surface area contributed by atoms with Gasteiger partial charge >= 0.3 is 6.09 Å².